The summed E-state index contributed by atoms with van der Waals surface area (Å²) in [5.41, 5.74) is 3.61. The van der Waals surface area contributed by atoms with Crippen LogP contribution in [0.1, 0.15) is 18.1 Å². The number of benzene rings is 2. The van der Waals surface area contributed by atoms with E-state index in [0.717, 1.165) is 9.86 Å². The number of thioether (sulfide) groups is 1. The number of hydrogen-bond acceptors (Lipinski definition) is 3. The monoisotopic (exact) mass is 297 g/mol. The van der Waals surface area contributed by atoms with E-state index in [2.05, 4.69) is 67.4 Å². The van der Waals surface area contributed by atoms with Crippen LogP contribution in [0, 0.1) is 6.92 Å². The van der Waals surface area contributed by atoms with Crippen molar-refractivity contribution in [2.45, 2.75) is 18.2 Å². The molecular weight excluding hydrogens is 282 g/mol. The molecule has 0 saturated carbocycles. The first-order valence-corrected chi connectivity index (χ1v) is 8.12. The van der Waals surface area contributed by atoms with Crippen LogP contribution in [0.25, 0.3) is 16.3 Å². The zero-order valence-corrected chi connectivity index (χ0v) is 13.1. The average molecular weight is 297 g/mol. The smallest absolute Gasteiger partial charge is 0.155 e. The van der Waals surface area contributed by atoms with Crippen molar-refractivity contribution >= 4 is 39.4 Å². The van der Waals surface area contributed by atoms with Gasteiger partial charge in [0.25, 0.3) is 0 Å². The van der Waals surface area contributed by atoms with Gasteiger partial charge in [-0.3, -0.25) is 0 Å². The van der Waals surface area contributed by atoms with Crippen LogP contribution in [0.5, 0.6) is 0 Å². The van der Waals surface area contributed by atoms with Crippen molar-refractivity contribution in [3.05, 3.63) is 64.6 Å². The fourth-order valence-corrected chi connectivity index (χ4v) is 4.10. The third-order valence-corrected chi connectivity index (χ3v) is 5.01. The maximum absolute atomic E-state index is 4.65. The molecule has 100 valence electrons. The fourth-order valence-electron chi connectivity index (χ4n) is 1.96. The maximum atomic E-state index is 4.65. The van der Waals surface area contributed by atoms with E-state index in [4.69, 9.17) is 0 Å². The molecule has 1 heterocycles. The van der Waals surface area contributed by atoms with Gasteiger partial charge in [0, 0.05) is 0 Å². The molecule has 0 unspecified atom stereocenters. The molecule has 0 atom stereocenters. The van der Waals surface area contributed by atoms with E-state index >= 15 is 0 Å². The van der Waals surface area contributed by atoms with Crippen molar-refractivity contribution in [1.82, 2.24) is 4.98 Å². The van der Waals surface area contributed by atoms with E-state index in [1.54, 1.807) is 23.1 Å². The standard InChI is InChI=1S/C17H15NS2/c1-12-7-9-14(10-8-12)11-13(2)19-17-18-15-5-3-4-6-16(15)20-17/h3-11H,1-2H3. The first-order chi connectivity index (χ1) is 9.70. The lowest BCUT2D eigenvalue weighted by atomic mass is 10.1. The summed E-state index contributed by atoms with van der Waals surface area (Å²) in [4.78, 5) is 5.91. The van der Waals surface area contributed by atoms with Crippen LogP contribution in [0.15, 0.2) is 57.8 Å². The Bertz CT molecular complexity index is 721. The Kier molecular flexibility index (Phi) is 3.90. The molecule has 2 aromatic carbocycles. The van der Waals surface area contributed by atoms with Crippen LogP contribution in [-0.4, -0.2) is 4.98 Å². The van der Waals surface area contributed by atoms with Gasteiger partial charge in [-0.15, -0.1) is 11.3 Å². The lowest BCUT2D eigenvalue weighted by molar-refractivity contribution is 1.31. The molecule has 3 rings (SSSR count). The van der Waals surface area contributed by atoms with Gasteiger partial charge in [0.05, 0.1) is 10.2 Å². The predicted octanol–water partition coefficient (Wildman–Crippen LogP) is 5.76. The number of thiazole rings is 1. The molecule has 0 fully saturated rings. The van der Waals surface area contributed by atoms with Gasteiger partial charge in [-0.25, -0.2) is 4.98 Å². The summed E-state index contributed by atoms with van der Waals surface area (Å²) in [5, 5.41) is 0. The first kappa shape index (κ1) is 13.4. The van der Waals surface area contributed by atoms with Crippen LogP contribution in [0.2, 0.25) is 0 Å². The molecule has 0 N–H and O–H groups in total. The Morgan fingerprint density at radius 1 is 1.10 bits per heavy atom. The number of allylic oxidation sites excluding steroid dienone is 1. The molecule has 0 amide bonds. The predicted molar refractivity (Wildman–Crippen MR) is 90.3 cm³/mol. The number of hydrogen-bond donors (Lipinski definition) is 0. The third kappa shape index (κ3) is 3.11. The van der Waals surface area contributed by atoms with Gasteiger partial charge in [0.15, 0.2) is 4.34 Å². The van der Waals surface area contributed by atoms with Gasteiger partial charge in [-0.1, -0.05) is 53.7 Å². The minimum absolute atomic E-state index is 1.09. The summed E-state index contributed by atoms with van der Waals surface area (Å²) in [7, 11) is 0. The lowest BCUT2D eigenvalue weighted by Crippen LogP contribution is -1.76. The van der Waals surface area contributed by atoms with Crippen molar-refractivity contribution in [2.75, 3.05) is 0 Å². The molecule has 0 saturated heterocycles. The molecule has 3 heteroatoms. The number of aromatic nitrogens is 1. The van der Waals surface area contributed by atoms with Crippen LogP contribution < -0.4 is 0 Å². The Labute approximate surface area is 127 Å². The maximum Gasteiger partial charge on any atom is 0.155 e. The number of para-hydroxylation sites is 1. The van der Waals surface area contributed by atoms with Crippen molar-refractivity contribution < 1.29 is 0 Å². The Balaban J connectivity index is 1.81. The highest BCUT2D eigenvalue weighted by Crippen LogP contribution is 2.34. The first-order valence-electron chi connectivity index (χ1n) is 6.49. The van der Waals surface area contributed by atoms with E-state index in [-0.39, 0.29) is 0 Å². The van der Waals surface area contributed by atoms with E-state index in [0.29, 0.717) is 0 Å². The molecule has 3 aromatic rings. The molecular formula is C17H15NS2. The third-order valence-electron chi connectivity index (χ3n) is 2.97. The fraction of sp³-hybridized carbons (Fsp3) is 0.118. The number of rotatable bonds is 3. The summed E-state index contributed by atoms with van der Waals surface area (Å²) >= 11 is 3.49. The minimum Gasteiger partial charge on any atom is -0.229 e. The van der Waals surface area contributed by atoms with Gasteiger partial charge >= 0.3 is 0 Å². The molecule has 0 aliphatic carbocycles. The van der Waals surface area contributed by atoms with Crippen LogP contribution in [-0.2, 0) is 0 Å². The second-order valence-electron chi connectivity index (χ2n) is 4.72. The van der Waals surface area contributed by atoms with Crippen molar-refractivity contribution in [1.29, 1.82) is 0 Å². The number of aryl methyl sites for hydroxylation is 1. The van der Waals surface area contributed by atoms with E-state index in [9.17, 15) is 0 Å². The molecule has 1 aromatic heterocycles. The van der Waals surface area contributed by atoms with Crippen LogP contribution in [0.3, 0.4) is 0 Å². The van der Waals surface area contributed by atoms with Gasteiger partial charge in [-0.2, -0.15) is 0 Å². The highest BCUT2D eigenvalue weighted by molar-refractivity contribution is 8.04. The number of fused-ring (bicyclic) bond motifs is 1. The highest BCUT2D eigenvalue weighted by atomic mass is 32.2. The molecule has 0 spiro atoms. The Morgan fingerprint density at radius 3 is 2.60 bits per heavy atom. The van der Waals surface area contributed by atoms with Crippen molar-refractivity contribution in [3.63, 3.8) is 0 Å². The molecule has 0 bridgehead atoms. The Morgan fingerprint density at radius 2 is 1.85 bits per heavy atom. The zero-order chi connectivity index (χ0) is 13.9. The van der Waals surface area contributed by atoms with Crippen molar-refractivity contribution in [2.24, 2.45) is 0 Å². The molecule has 1 nitrogen and oxygen atoms in total. The summed E-state index contributed by atoms with van der Waals surface area (Å²) in [6.45, 7) is 4.24. The quantitative estimate of drug-likeness (QED) is 0.570. The molecule has 0 aliphatic heterocycles. The SMILES string of the molecule is CC(=Cc1ccc(C)cc1)Sc1nc2ccccc2s1. The summed E-state index contributed by atoms with van der Waals surface area (Å²) in [6, 6.07) is 16.9. The zero-order valence-electron chi connectivity index (χ0n) is 11.5. The number of nitrogens with zero attached hydrogens (tertiary/aromatic N) is 1. The second-order valence-corrected chi connectivity index (χ2v) is 7.24. The van der Waals surface area contributed by atoms with E-state index in [1.165, 1.54) is 20.7 Å². The van der Waals surface area contributed by atoms with Gasteiger partial charge < -0.3 is 0 Å². The minimum atomic E-state index is 1.09. The van der Waals surface area contributed by atoms with Gasteiger partial charge in [0.2, 0.25) is 0 Å². The molecule has 20 heavy (non-hydrogen) atoms. The lowest BCUT2D eigenvalue weighted by Gasteiger charge is -1.99. The normalized spacial score (nSPS) is 12.0. The van der Waals surface area contributed by atoms with Gasteiger partial charge in [0.1, 0.15) is 0 Å². The Hall–Kier alpha value is -1.58. The second kappa shape index (κ2) is 5.81. The van der Waals surface area contributed by atoms with E-state index < -0.39 is 0 Å². The average Bonchev–Trinajstić information content (AvgIpc) is 2.83. The molecule has 0 aliphatic rings. The summed E-state index contributed by atoms with van der Waals surface area (Å²) in [6.07, 6.45) is 2.20. The van der Waals surface area contributed by atoms with Crippen molar-refractivity contribution in [3.8, 4) is 0 Å². The molecule has 0 radical (unpaired) electrons. The van der Waals surface area contributed by atoms with Crippen LogP contribution in [0.4, 0.5) is 0 Å². The van der Waals surface area contributed by atoms with Crippen LogP contribution >= 0.6 is 23.1 Å². The summed E-state index contributed by atoms with van der Waals surface area (Å²) < 4.78 is 2.35. The van der Waals surface area contributed by atoms with E-state index in [1.807, 2.05) is 6.07 Å². The highest BCUT2D eigenvalue weighted by Gasteiger charge is 2.04. The topological polar surface area (TPSA) is 12.9 Å². The largest absolute Gasteiger partial charge is 0.229 e. The summed E-state index contributed by atoms with van der Waals surface area (Å²) in [5.74, 6) is 0. The van der Waals surface area contributed by atoms with Gasteiger partial charge in [-0.05, 0) is 42.5 Å².